The fourth-order valence-corrected chi connectivity index (χ4v) is 1.84. The van der Waals surface area contributed by atoms with E-state index in [2.05, 4.69) is 26.2 Å². The molecule has 0 spiro atoms. The Labute approximate surface area is 118 Å². The molecule has 0 aliphatic rings. The molecule has 104 valence electrons. The number of halogens is 1. The fraction of sp³-hybridized carbons (Fsp3) is 0.455. The molecule has 0 aliphatic carbocycles. The van der Waals surface area contributed by atoms with Crippen LogP contribution >= 0.6 is 15.9 Å². The summed E-state index contributed by atoms with van der Waals surface area (Å²) in [5.74, 6) is -0.949. The fourth-order valence-electron chi connectivity index (χ4n) is 1.37. The van der Waals surface area contributed by atoms with E-state index >= 15 is 0 Å². The lowest BCUT2D eigenvalue weighted by atomic mass is 9.87. The number of rotatable bonds is 6. The number of carboxylic acids is 1. The van der Waals surface area contributed by atoms with E-state index in [0.29, 0.717) is 10.9 Å². The number of carbonyl (C=O) groups is 1. The van der Waals surface area contributed by atoms with Crippen LogP contribution in [-0.2, 0) is 4.79 Å². The minimum atomic E-state index is -0.990. The molecule has 2 N–H and O–H groups in total. The first-order valence-corrected chi connectivity index (χ1v) is 6.36. The monoisotopic (exact) mass is 331 g/mol. The number of anilines is 1. The topological polar surface area (TPSA) is 105 Å². The van der Waals surface area contributed by atoms with Gasteiger partial charge in [0.05, 0.1) is 14.8 Å². The summed E-state index contributed by atoms with van der Waals surface area (Å²) in [6.07, 6.45) is 2.95. The SMILES string of the molecule is CCC(C)(CNc1c(Br)cncc1[N+](=O)[O-])C(=O)O. The summed E-state index contributed by atoms with van der Waals surface area (Å²) in [7, 11) is 0. The average Bonchev–Trinajstić information content (AvgIpc) is 2.36. The number of nitro groups is 1. The second kappa shape index (κ2) is 5.96. The number of aromatic nitrogens is 1. The molecule has 0 amide bonds. The van der Waals surface area contributed by atoms with Gasteiger partial charge in [-0.25, -0.2) is 0 Å². The van der Waals surface area contributed by atoms with Gasteiger partial charge < -0.3 is 10.4 Å². The lowest BCUT2D eigenvalue weighted by molar-refractivity contribution is -0.384. The van der Waals surface area contributed by atoms with Gasteiger partial charge in [0, 0.05) is 12.7 Å². The highest BCUT2D eigenvalue weighted by Gasteiger charge is 2.32. The highest BCUT2D eigenvalue weighted by Crippen LogP contribution is 2.32. The van der Waals surface area contributed by atoms with E-state index in [1.54, 1.807) is 13.8 Å². The lowest BCUT2D eigenvalue weighted by Gasteiger charge is -2.24. The predicted molar refractivity (Wildman–Crippen MR) is 73.1 cm³/mol. The number of nitrogens with zero attached hydrogens (tertiary/aromatic N) is 2. The van der Waals surface area contributed by atoms with Gasteiger partial charge in [-0.2, -0.15) is 0 Å². The molecule has 1 heterocycles. The van der Waals surface area contributed by atoms with Crippen molar-refractivity contribution < 1.29 is 14.8 Å². The first-order valence-electron chi connectivity index (χ1n) is 5.57. The normalized spacial score (nSPS) is 13.6. The first kappa shape index (κ1) is 15.4. The Hall–Kier alpha value is -1.70. The maximum atomic E-state index is 11.2. The van der Waals surface area contributed by atoms with Crippen molar-refractivity contribution in [2.24, 2.45) is 5.41 Å². The van der Waals surface area contributed by atoms with Crippen molar-refractivity contribution >= 4 is 33.3 Å². The number of carboxylic acid groups (broad SMARTS) is 1. The molecule has 1 rings (SSSR count). The lowest BCUT2D eigenvalue weighted by Crippen LogP contribution is -2.34. The van der Waals surface area contributed by atoms with E-state index in [9.17, 15) is 14.9 Å². The zero-order chi connectivity index (χ0) is 14.6. The van der Waals surface area contributed by atoms with Crippen molar-refractivity contribution in [3.63, 3.8) is 0 Å². The van der Waals surface area contributed by atoms with E-state index in [0.717, 1.165) is 6.20 Å². The molecule has 0 saturated heterocycles. The Kier molecular flexibility index (Phi) is 4.82. The summed E-state index contributed by atoms with van der Waals surface area (Å²) in [6.45, 7) is 3.43. The quantitative estimate of drug-likeness (QED) is 0.613. The molecule has 0 fully saturated rings. The van der Waals surface area contributed by atoms with Gasteiger partial charge in [0.15, 0.2) is 0 Å². The van der Waals surface area contributed by atoms with E-state index in [1.165, 1.54) is 6.20 Å². The van der Waals surface area contributed by atoms with Crippen LogP contribution in [0.4, 0.5) is 11.4 Å². The van der Waals surface area contributed by atoms with Crippen LogP contribution in [0.3, 0.4) is 0 Å². The number of pyridine rings is 1. The van der Waals surface area contributed by atoms with E-state index in [1.807, 2.05) is 0 Å². The van der Waals surface area contributed by atoms with Gasteiger partial charge in [-0.05, 0) is 29.3 Å². The molecule has 19 heavy (non-hydrogen) atoms. The summed E-state index contributed by atoms with van der Waals surface area (Å²) >= 11 is 3.17. The Bertz CT molecular complexity index is 509. The molecule has 0 saturated carbocycles. The summed E-state index contributed by atoms with van der Waals surface area (Å²) in [5.41, 5.74) is -0.949. The third kappa shape index (κ3) is 3.40. The van der Waals surface area contributed by atoms with Crippen LogP contribution in [0.25, 0.3) is 0 Å². The molecular formula is C11H14BrN3O4. The largest absolute Gasteiger partial charge is 0.481 e. The van der Waals surface area contributed by atoms with Crippen molar-refractivity contribution in [2.45, 2.75) is 20.3 Å². The average molecular weight is 332 g/mol. The molecule has 7 nitrogen and oxygen atoms in total. The third-order valence-electron chi connectivity index (χ3n) is 3.03. The summed E-state index contributed by atoms with van der Waals surface area (Å²) in [6, 6.07) is 0. The van der Waals surface area contributed by atoms with Crippen LogP contribution in [0.2, 0.25) is 0 Å². The van der Waals surface area contributed by atoms with Crippen molar-refractivity contribution in [1.29, 1.82) is 0 Å². The minimum absolute atomic E-state index is 0.0856. The van der Waals surface area contributed by atoms with Gasteiger partial charge in [-0.1, -0.05) is 6.92 Å². The number of aliphatic carboxylic acids is 1. The molecule has 0 aliphatic heterocycles. The van der Waals surface area contributed by atoms with Crippen LogP contribution in [0.5, 0.6) is 0 Å². The highest BCUT2D eigenvalue weighted by molar-refractivity contribution is 9.10. The Morgan fingerprint density at radius 3 is 2.74 bits per heavy atom. The second-order valence-corrected chi connectivity index (χ2v) is 5.20. The molecular weight excluding hydrogens is 318 g/mol. The van der Waals surface area contributed by atoms with Crippen molar-refractivity contribution in [1.82, 2.24) is 4.98 Å². The molecule has 1 aromatic rings. The Balaban J connectivity index is 3.01. The van der Waals surface area contributed by atoms with Gasteiger partial charge >= 0.3 is 11.7 Å². The van der Waals surface area contributed by atoms with E-state index in [-0.39, 0.29) is 17.9 Å². The Morgan fingerprint density at radius 2 is 2.26 bits per heavy atom. The summed E-state index contributed by atoms with van der Waals surface area (Å²) < 4.78 is 0.422. The summed E-state index contributed by atoms with van der Waals surface area (Å²) in [5, 5.41) is 22.9. The highest BCUT2D eigenvalue weighted by atomic mass is 79.9. The first-order chi connectivity index (χ1) is 8.81. The van der Waals surface area contributed by atoms with Crippen LogP contribution < -0.4 is 5.32 Å². The van der Waals surface area contributed by atoms with Crippen molar-refractivity contribution in [3.05, 3.63) is 27.0 Å². The van der Waals surface area contributed by atoms with Crippen molar-refractivity contribution in [3.8, 4) is 0 Å². The molecule has 0 radical (unpaired) electrons. The van der Waals surface area contributed by atoms with Gasteiger partial charge in [-0.3, -0.25) is 19.9 Å². The smallest absolute Gasteiger partial charge is 0.311 e. The van der Waals surface area contributed by atoms with Crippen LogP contribution in [0.1, 0.15) is 20.3 Å². The molecule has 1 atom stereocenters. The molecule has 1 unspecified atom stereocenters. The second-order valence-electron chi connectivity index (χ2n) is 4.35. The zero-order valence-electron chi connectivity index (χ0n) is 10.5. The van der Waals surface area contributed by atoms with Gasteiger partial charge in [0.1, 0.15) is 11.9 Å². The third-order valence-corrected chi connectivity index (χ3v) is 3.63. The van der Waals surface area contributed by atoms with E-state index in [4.69, 9.17) is 5.11 Å². The molecule has 1 aromatic heterocycles. The van der Waals surface area contributed by atoms with Crippen LogP contribution in [0, 0.1) is 15.5 Å². The maximum absolute atomic E-state index is 11.2. The zero-order valence-corrected chi connectivity index (χ0v) is 12.1. The number of hydrogen-bond acceptors (Lipinski definition) is 5. The molecule has 8 heteroatoms. The van der Waals surface area contributed by atoms with Crippen LogP contribution in [-0.4, -0.2) is 27.5 Å². The molecule has 0 aromatic carbocycles. The maximum Gasteiger partial charge on any atom is 0.311 e. The van der Waals surface area contributed by atoms with Crippen molar-refractivity contribution in [2.75, 3.05) is 11.9 Å². The van der Waals surface area contributed by atoms with Crippen LogP contribution in [0.15, 0.2) is 16.9 Å². The number of nitrogens with one attached hydrogen (secondary N) is 1. The van der Waals surface area contributed by atoms with E-state index < -0.39 is 16.3 Å². The van der Waals surface area contributed by atoms with Gasteiger partial charge in [0.2, 0.25) is 0 Å². The van der Waals surface area contributed by atoms with Gasteiger partial charge in [0.25, 0.3) is 0 Å². The Morgan fingerprint density at radius 1 is 1.63 bits per heavy atom. The summed E-state index contributed by atoms with van der Waals surface area (Å²) in [4.78, 5) is 25.2. The molecule has 0 bridgehead atoms. The van der Waals surface area contributed by atoms with Gasteiger partial charge in [-0.15, -0.1) is 0 Å². The standard InChI is InChI=1S/C11H14BrN3O4/c1-3-11(2,10(16)17)6-14-9-7(12)4-13-5-8(9)15(18)19/h4-5H,3,6H2,1-2H3,(H,13,14)(H,16,17). The predicted octanol–water partition coefficient (Wildman–Crippen LogP) is 2.67. The number of hydrogen-bond donors (Lipinski definition) is 2. The minimum Gasteiger partial charge on any atom is -0.481 e.